The molecule has 0 aliphatic carbocycles. The Morgan fingerprint density at radius 2 is 1.93 bits per heavy atom. The van der Waals surface area contributed by atoms with E-state index in [0.29, 0.717) is 6.42 Å². The number of benzene rings is 1. The summed E-state index contributed by atoms with van der Waals surface area (Å²) in [4.78, 5) is 17.0. The van der Waals surface area contributed by atoms with Crippen molar-refractivity contribution in [1.82, 2.24) is 24.6 Å². The zero-order valence-electron chi connectivity index (χ0n) is 16.9. The van der Waals surface area contributed by atoms with E-state index in [1.165, 1.54) is 12.1 Å². The van der Waals surface area contributed by atoms with E-state index in [1.807, 2.05) is 21.7 Å². The molecule has 3 aromatic rings. The van der Waals surface area contributed by atoms with Gasteiger partial charge in [-0.25, -0.2) is 4.39 Å². The highest BCUT2D eigenvalue weighted by Crippen LogP contribution is 2.39. The van der Waals surface area contributed by atoms with Crippen LogP contribution in [0.3, 0.4) is 0 Å². The van der Waals surface area contributed by atoms with Crippen molar-refractivity contribution in [2.75, 3.05) is 26.7 Å². The number of fused-ring (bicyclic) bond motifs is 2. The summed E-state index contributed by atoms with van der Waals surface area (Å²) in [5, 5.41) is 13.0. The van der Waals surface area contributed by atoms with Gasteiger partial charge in [0.25, 0.3) is 0 Å². The molecule has 2 aliphatic heterocycles. The van der Waals surface area contributed by atoms with Gasteiger partial charge in [0.05, 0.1) is 18.5 Å². The van der Waals surface area contributed by atoms with Crippen molar-refractivity contribution in [1.29, 1.82) is 0 Å². The van der Waals surface area contributed by atoms with Crippen LogP contribution in [0.25, 0.3) is 11.4 Å². The summed E-state index contributed by atoms with van der Waals surface area (Å²) in [6.07, 6.45) is 2.17. The Labute approximate surface area is 178 Å². The van der Waals surface area contributed by atoms with Crippen molar-refractivity contribution in [2.45, 2.75) is 31.3 Å². The molecular weight excluding hydrogens is 401 g/mol. The van der Waals surface area contributed by atoms with Crippen molar-refractivity contribution in [3.63, 3.8) is 0 Å². The van der Waals surface area contributed by atoms with Gasteiger partial charge in [0.1, 0.15) is 11.6 Å². The Hall–Kier alpha value is -2.58. The smallest absolute Gasteiger partial charge is 0.227 e. The van der Waals surface area contributed by atoms with Gasteiger partial charge in [-0.3, -0.25) is 9.69 Å². The van der Waals surface area contributed by atoms with Crippen LogP contribution in [0.2, 0.25) is 0 Å². The molecule has 30 heavy (non-hydrogen) atoms. The molecule has 0 unspecified atom stereocenters. The summed E-state index contributed by atoms with van der Waals surface area (Å²) < 4.78 is 15.7. The molecule has 156 valence electrons. The molecule has 1 amide bonds. The van der Waals surface area contributed by atoms with Crippen LogP contribution in [0.1, 0.15) is 24.2 Å². The van der Waals surface area contributed by atoms with E-state index < -0.39 is 0 Å². The Balaban J connectivity index is 1.41. The summed E-state index contributed by atoms with van der Waals surface area (Å²) in [6.45, 7) is 3.06. The lowest BCUT2D eigenvalue weighted by Gasteiger charge is -2.48. The van der Waals surface area contributed by atoms with Gasteiger partial charge < -0.3 is 9.47 Å². The van der Waals surface area contributed by atoms with Crippen LogP contribution in [0, 0.1) is 5.82 Å². The first-order chi connectivity index (χ1) is 14.5. The number of piperidine rings is 1. The summed E-state index contributed by atoms with van der Waals surface area (Å²) in [6, 6.07) is 8.47. The standard InChI is InChI=1S/C22H24FN5OS/c1-26-13-19-24-25-21(17-2-4-18(23)5-3-17)28(19)22(15-26)7-9-27(10-8-22)20(29)12-16-6-11-30-14-16/h2-6,11,14H,7-10,12-13,15H2,1H3. The fourth-order valence-electron chi connectivity index (χ4n) is 4.81. The van der Waals surface area contributed by atoms with Crippen LogP contribution in [0.15, 0.2) is 41.1 Å². The number of hydrogen-bond donors (Lipinski definition) is 0. The molecule has 5 rings (SSSR count). The highest BCUT2D eigenvalue weighted by molar-refractivity contribution is 7.08. The number of amides is 1. The number of likely N-dealkylation sites (tertiary alicyclic amines) is 1. The maximum Gasteiger partial charge on any atom is 0.227 e. The van der Waals surface area contributed by atoms with Gasteiger partial charge in [-0.15, -0.1) is 10.2 Å². The lowest BCUT2D eigenvalue weighted by Crippen LogP contribution is -2.56. The maximum absolute atomic E-state index is 13.4. The molecule has 0 atom stereocenters. The molecule has 1 fully saturated rings. The predicted octanol–water partition coefficient (Wildman–Crippen LogP) is 3.15. The van der Waals surface area contributed by atoms with Crippen LogP contribution < -0.4 is 0 Å². The molecule has 1 saturated heterocycles. The van der Waals surface area contributed by atoms with Crippen molar-refractivity contribution in [2.24, 2.45) is 0 Å². The molecule has 0 saturated carbocycles. The van der Waals surface area contributed by atoms with Crippen LogP contribution in [0.5, 0.6) is 0 Å². The fourth-order valence-corrected chi connectivity index (χ4v) is 5.48. The summed E-state index contributed by atoms with van der Waals surface area (Å²) in [7, 11) is 2.10. The molecule has 1 spiro atoms. The van der Waals surface area contributed by atoms with E-state index in [2.05, 4.69) is 26.7 Å². The first-order valence-electron chi connectivity index (χ1n) is 10.2. The average Bonchev–Trinajstić information content (AvgIpc) is 3.39. The number of hydrogen-bond acceptors (Lipinski definition) is 5. The Morgan fingerprint density at radius 1 is 1.17 bits per heavy atom. The molecule has 1 aromatic carbocycles. The zero-order valence-corrected chi connectivity index (χ0v) is 17.7. The molecule has 8 heteroatoms. The van der Waals surface area contributed by atoms with Gasteiger partial charge in [0, 0.05) is 25.2 Å². The number of nitrogens with zero attached hydrogens (tertiary/aromatic N) is 5. The van der Waals surface area contributed by atoms with Crippen LogP contribution >= 0.6 is 11.3 Å². The molecule has 2 aromatic heterocycles. The predicted molar refractivity (Wildman–Crippen MR) is 114 cm³/mol. The fraction of sp³-hybridized carbons (Fsp3) is 0.409. The third-order valence-corrected chi connectivity index (χ3v) is 7.00. The molecule has 0 radical (unpaired) electrons. The quantitative estimate of drug-likeness (QED) is 0.647. The second kappa shape index (κ2) is 7.59. The van der Waals surface area contributed by atoms with E-state index in [-0.39, 0.29) is 17.3 Å². The van der Waals surface area contributed by atoms with Gasteiger partial charge in [-0.05, 0) is 66.5 Å². The number of aromatic nitrogens is 3. The SMILES string of the molecule is CN1Cc2nnc(-c3ccc(F)cc3)n2C2(CCN(C(=O)Cc3ccsc3)CC2)C1. The molecule has 2 aliphatic rings. The summed E-state index contributed by atoms with van der Waals surface area (Å²) in [5.41, 5.74) is 1.80. The van der Waals surface area contributed by atoms with Crippen molar-refractivity contribution in [3.05, 3.63) is 58.3 Å². The second-order valence-electron chi connectivity index (χ2n) is 8.37. The molecule has 0 N–H and O–H groups in total. The minimum Gasteiger partial charge on any atom is -0.342 e. The van der Waals surface area contributed by atoms with Gasteiger partial charge in [-0.2, -0.15) is 11.3 Å². The van der Waals surface area contributed by atoms with E-state index in [0.717, 1.165) is 61.8 Å². The van der Waals surface area contributed by atoms with Crippen LogP contribution in [-0.2, 0) is 23.3 Å². The van der Waals surface area contributed by atoms with E-state index in [9.17, 15) is 9.18 Å². The van der Waals surface area contributed by atoms with Crippen LogP contribution in [0.4, 0.5) is 4.39 Å². The molecule has 6 nitrogen and oxygen atoms in total. The highest BCUT2D eigenvalue weighted by Gasteiger charge is 2.44. The van der Waals surface area contributed by atoms with Gasteiger partial charge in [0.15, 0.2) is 5.82 Å². The summed E-state index contributed by atoms with van der Waals surface area (Å²) in [5.74, 6) is 1.65. The topological polar surface area (TPSA) is 54.3 Å². The first-order valence-corrected chi connectivity index (χ1v) is 11.2. The van der Waals surface area contributed by atoms with Crippen molar-refractivity contribution >= 4 is 17.2 Å². The number of carbonyl (C=O) groups excluding carboxylic acids is 1. The van der Waals surface area contributed by atoms with Crippen molar-refractivity contribution < 1.29 is 9.18 Å². The third kappa shape index (κ3) is 3.44. The van der Waals surface area contributed by atoms with Gasteiger partial charge in [-0.1, -0.05) is 0 Å². The normalized spacial score (nSPS) is 18.5. The average molecular weight is 426 g/mol. The lowest BCUT2D eigenvalue weighted by molar-refractivity contribution is -0.133. The Kier molecular flexibility index (Phi) is 4.91. The van der Waals surface area contributed by atoms with Gasteiger partial charge >= 0.3 is 0 Å². The van der Waals surface area contributed by atoms with E-state index >= 15 is 0 Å². The highest BCUT2D eigenvalue weighted by atomic mass is 32.1. The number of likely N-dealkylation sites (N-methyl/N-ethyl adjacent to an activating group) is 1. The minimum absolute atomic E-state index is 0.158. The van der Waals surface area contributed by atoms with Crippen LogP contribution in [-0.4, -0.2) is 57.2 Å². The Morgan fingerprint density at radius 3 is 2.63 bits per heavy atom. The molecule has 4 heterocycles. The maximum atomic E-state index is 13.4. The minimum atomic E-state index is -0.260. The number of rotatable bonds is 3. The largest absolute Gasteiger partial charge is 0.342 e. The number of halogens is 1. The second-order valence-corrected chi connectivity index (χ2v) is 9.15. The van der Waals surface area contributed by atoms with E-state index in [4.69, 9.17) is 0 Å². The first kappa shape index (κ1) is 19.4. The molecule has 0 bridgehead atoms. The van der Waals surface area contributed by atoms with Gasteiger partial charge in [0.2, 0.25) is 5.91 Å². The van der Waals surface area contributed by atoms with E-state index in [1.54, 1.807) is 23.5 Å². The third-order valence-electron chi connectivity index (χ3n) is 6.26. The summed E-state index contributed by atoms with van der Waals surface area (Å²) >= 11 is 1.62. The zero-order chi connectivity index (χ0) is 20.7. The number of thiophene rings is 1. The lowest BCUT2D eigenvalue weighted by atomic mass is 9.84. The Bertz CT molecular complexity index is 1040. The monoisotopic (exact) mass is 425 g/mol. The van der Waals surface area contributed by atoms with Crippen molar-refractivity contribution in [3.8, 4) is 11.4 Å². The number of carbonyl (C=O) groups is 1. The molecular formula is C22H24FN5OS.